The second-order valence-electron chi connectivity index (χ2n) is 6.72. The molecule has 0 N–H and O–H groups in total. The molecule has 1 fully saturated rings. The van der Waals surface area contributed by atoms with Crippen molar-refractivity contribution in [3.8, 4) is 0 Å². The molecule has 0 saturated carbocycles. The fraction of sp³-hybridized carbons (Fsp3) is 0.389. The molecule has 142 valence electrons. The van der Waals surface area contributed by atoms with E-state index in [4.69, 9.17) is 0 Å². The van der Waals surface area contributed by atoms with Crippen LogP contribution in [-0.4, -0.2) is 52.4 Å². The van der Waals surface area contributed by atoms with Gasteiger partial charge >= 0.3 is 0 Å². The van der Waals surface area contributed by atoms with Gasteiger partial charge in [-0.3, -0.25) is 4.40 Å². The molecule has 3 aromatic heterocycles. The quantitative estimate of drug-likeness (QED) is 0.666. The van der Waals surface area contributed by atoms with E-state index in [0.717, 1.165) is 30.7 Å². The number of piperidine rings is 1. The summed E-state index contributed by atoms with van der Waals surface area (Å²) in [5, 5.41) is 8.36. The number of hydrogen-bond acceptors (Lipinski definition) is 6. The lowest BCUT2D eigenvalue weighted by Crippen LogP contribution is -2.35. The summed E-state index contributed by atoms with van der Waals surface area (Å²) in [6, 6.07) is 9.11. The summed E-state index contributed by atoms with van der Waals surface area (Å²) in [7, 11) is -1.56. The Morgan fingerprint density at radius 1 is 1.07 bits per heavy atom. The van der Waals surface area contributed by atoms with Crippen molar-refractivity contribution in [2.75, 3.05) is 25.0 Å². The lowest BCUT2D eigenvalue weighted by molar-refractivity contribution is 0.346. The van der Waals surface area contributed by atoms with Gasteiger partial charge < -0.3 is 4.90 Å². The zero-order valence-electron chi connectivity index (χ0n) is 15.2. The Kier molecular flexibility index (Phi) is 4.79. The van der Waals surface area contributed by atoms with Crippen LogP contribution < -0.4 is 4.90 Å². The number of anilines is 1. The number of sulfonamides is 1. The molecule has 8 nitrogen and oxygen atoms in total. The molecule has 0 aromatic carbocycles. The van der Waals surface area contributed by atoms with Crippen molar-refractivity contribution in [2.45, 2.75) is 30.7 Å². The molecule has 0 spiro atoms. The Balaban J connectivity index is 1.51. The average molecular weight is 386 g/mol. The zero-order chi connectivity index (χ0) is 18.9. The van der Waals surface area contributed by atoms with E-state index in [9.17, 15) is 8.42 Å². The van der Waals surface area contributed by atoms with Crippen molar-refractivity contribution in [1.29, 1.82) is 0 Å². The van der Waals surface area contributed by atoms with Crippen molar-refractivity contribution >= 4 is 21.5 Å². The third-order valence-corrected chi connectivity index (χ3v) is 6.71. The Morgan fingerprint density at radius 3 is 2.63 bits per heavy atom. The molecule has 1 aliphatic heterocycles. The normalized spacial score (nSPS) is 15.9. The predicted molar refractivity (Wildman–Crippen MR) is 102 cm³/mol. The van der Waals surface area contributed by atoms with E-state index in [1.165, 1.54) is 6.20 Å². The SMILES string of the molecule is CN(Cc1nnc2ccccn12)c1ccc(S(=O)(=O)N2CCCCC2)cn1. The van der Waals surface area contributed by atoms with Gasteiger partial charge in [-0.05, 0) is 37.1 Å². The van der Waals surface area contributed by atoms with E-state index in [1.807, 2.05) is 40.7 Å². The molecule has 1 aliphatic rings. The van der Waals surface area contributed by atoms with Gasteiger partial charge in [0.05, 0.1) is 6.54 Å². The lowest BCUT2D eigenvalue weighted by atomic mass is 10.2. The van der Waals surface area contributed by atoms with E-state index in [-0.39, 0.29) is 4.90 Å². The first-order valence-corrected chi connectivity index (χ1v) is 10.5. The summed E-state index contributed by atoms with van der Waals surface area (Å²) >= 11 is 0. The highest BCUT2D eigenvalue weighted by Crippen LogP contribution is 2.22. The molecule has 1 saturated heterocycles. The highest BCUT2D eigenvalue weighted by atomic mass is 32.2. The fourth-order valence-electron chi connectivity index (χ4n) is 3.30. The molecule has 3 aromatic rings. The van der Waals surface area contributed by atoms with Crippen LogP contribution in [0, 0.1) is 0 Å². The van der Waals surface area contributed by atoms with Crippen LogP contribution >= 0.6 is 0 Å². The standard InChI is InChI=1S/C18H22N6O2S/c1-22(14-18-21-20-17-7-3-6-12-24(17)18)16-9-8-15(13-19-16)27(25,26)23-10-4-2-5-11-23/h3,6-9,12-13H,2,4-5,10-11,14H2,1H3. The molecule has 4 heterocycles. The highest BCUT2D eigenvalue weighted by molar-refractivity contribution is 7.89. The van der Waals surface area contributed by atoms with E-state index < -0.39 is 10.0 Å². The van der Waals surface area contributed by atoms with Crippen molar-refractivity contribution < 1.29 is 8.42 Å². The third-order valence-electron chi connectivity index (χ3n) is 4.83. The molecule has 0 radical (unpaired) electrons. The molecular formula is C18H22N6O2S. The van der Waals surface area contributed by atoms with Gasteiger partial charge in [0.25, 0.3) is 0 Å². The van der Waals surface area contributed by atoms with Crippen LogP contribution in [-0.2, 0) is 16.6 Å². The minimum absolute atomic E-state index is 0.245. The summed E-state index contributed by atoms with van der Waals surface area (Å²) in [6.07, 6.45) is 6.28. The summed E-state index contributed by atoms with van der Waals surface area (Å²) in [4.78, 5) is 6.53. The molecule has 4 rings (SSSR count). The average Bonchev–Trinajstić information content (AvgIpc) is 3.12. The first-order valence-electron chi connectivity index (χ1n) is 9.02. The van der Waals surface area contributed by atoms with Gasteiger partial charge in [0.1, 0.15) is 10.7 Å². The van der Waals surface area contributed by atoms with Crippen molar-refractivity contribution in [3.05, 3.63) is 48.5 Å². The molecule has 0 amide bonds. The maximum absolute atomic E-state index is 12.7. The maximum Gasteiger partial charge on any atom is 0.244 e. The third kappa shape index (κ3) is 3.52. The van der Waals surface area contributed by atoms with Crippen molar-refractivity contribution in [3.63, 3.8) is 0 Å². The van der Waals surface area contributed by atoms with Gasteiger partial charge in [0.15, 0.2) is 11.5 Å². The molecule has 9 heteroatoms. The highest BCUT2D eigenvalue weighted by Gasteiger charge is 2.26. The Labute approximate surface area is 158 Å². The first-order chi connectivity index (χ1) is 13.1. The van der Waals surface area contributed by atoms with Gasteiger partial charge in [0.2, 0.25) is 10.0 Å². The summed E-state index contributed by atoms with van der Waals surface area (Å²) in [6.45, 7) is 1.68. The van der Waals surface area contributed by atoms with E-state index in [0.29, 0.717) is 25.5 Å². The monoisotopic (exact) mass is 386 g/mol. The topological polar surface area (TPSA) is 83.7 Å². The van der Waals surface area contributed by atoms with Crippen LogP contribution in [0.1, 0.15) is 25.1 Å². The van der Waals surface area contributed by atoms with Crippen molar-refractivity contribution in [2.24, 2.45) is 0 Å². The van der Waals surface area contributed by atoms with Gasteiger partial charge in [-0.1, -0.05) is 12.5 Å². The summed E-state index contributed by atoms with van der Waals surface area (Å²) in [5.74, 6) is 1.47. The molecule has 27 heavy (non-hydrogen) atoms. The van der Waals surface area contributed by atoms with Gasteiger partial charge in [0, 0.05) is 32.5 Å². The number of rotatable bonds is 5. The van der Waals surface area contributed by atoms with Crippen LogP contribution in [0.15, 0.2) is 47.6 Å². The number of hydrogen-bond donors (Lipinski definition) is 0. The molecular weight excluding hydrogens is 364 g/mol. The summed E-state index contributed by atoms with van der Waals surface area (Å²) in [5.41, 5.74) is 0.789. The Bertz CT molecular complexity index is 1030. The van der Waals surface area contributed by atoms with Crippen LogP contribution in [0.4, 0.5) is 5.82 Å². The maximum atomic E-state index is 12.7. The van der Waals surface area contributed by atoms with Gasteiger partial charge in [-0.2, -0.15) is 4.31 Å². The zero-order valence-corrected chi connectivity index (χ0v) is 16.0. The second-order valence-corrected chi connectivity index (χ2v) is 8.66. The molecule has 0 bridgehead atoms. The van der Waals surface area contributed by atoms with E-state index in [1.54, 1.807) is 16.4 Å². The van der Waals surface area contributed by atoms with Gasteiger partial charge in [-0.15, -0.1) is 10.2 Å². The van der Waals surface area contributed by atoms with E-state index in [2.05, 4.69) is 15.2 Å². The smallest absolute Gasteiger partial charge is 0.244 e. The van der Waals surface area contributed by atoms with Gasteiger partial charge in [-0.25, -0.2) is 13.4 Å². The Morgan fingerprint density at radius 2 is 1.89 bits per heavy atom. The van der Waals surface area contributed by atoms with E-state index >= 15 is 0 Å². The largest absolute Gasteiger partial charge is 0.352 e. The fourth-order valence-corrected chi connectivity index (χ4v) is 4.76. The predicted octanol–water partition coefficient (Wildman–Crippen LogP) is 1.94. The minimum Gasteiger partial charge on any atom is -0.352 e. The molecule has 0 atom stereocenters. The summed E-state index contributed by atoms with van der Waals surface area (Å²) < 4.78 is 28.9. The van der Waals surface area contributed by atoms with Crippen LogP contribution in [0.5, 0.6) is 0 Å². The van der Waals surface area contributed by atoms with Crippen LogP contribution in [0.25, 0.3) is 5.65 Å². The second kappa shape index (κ2) is 7.24. The number of pyridine rings is 2. The number of nitrogens with zero attached hydrogens (tertiary/aromatic N) is 6. The lowest BCUT2D eigenvalue weighted by Gasteiger charge is -2.26. The van der Waals surface area contributed by atoms with Crippen LogP contribution in [0.3, 0.4) is 0 Å². The molecule has 0 unspecified atom stereocenters. The minimum atomic E-state index is -3.46. The number of fused-ring (bicyclic) bond motifs is 1. The Hall–Kier alpha value is -2.52. The van der Waals surface area contributed by atoms with Crippen LogP contribution in [0.2, 0.25) is 0 Å². The number of aromatic nitrogens is 4. The molecule has 0 aliphatic carbocycles. The first kappa shape index (κ1) is 17.9. The van der Waals surface area contributed by atoms with Crippen molar-refractivity contribution in [1.82, 2.24) is 23.9 Å².